The standard InChI is InChI=1S/C19H19N5O2/c20-18(25)10-11-23(12-15-4-2-1-3-5-15)19(26)16-6-8-17(9-7-16)24-14-21-13-22-24/h1-9,13-14H,10-12H2,(H2,20,25). The van der Waals surface area contributed by atoms with Crippen molar-refractivity contribution < 1.29 is 9.59 Å². The highest BCUT2D eigenvalue weighted by molar-refractivity contribution is 5.94. The zero-order valence-corrected chi connectivity index (χ0v) is 14.2. The van der Waals surface area contributed by atoms with Crippen LogP contribution in [-0.4, -0.2) is 38.0 Å². The molecule has 0 aliphatic rings. The smallest absolute Gasteiger partial charge is 0.254 e. The molecule has 0 bridgehead atoms. The van der Waals surface area contributed by atoms with E-state index >= 15 is 0 Å². The van der Waals surface area contributed by atoms with Crippen LogP contribution in [0.3, 0.4) is 0 Å². The van der Waals surface area contributed by atoms with Gasteiger partial charge in [0.15, 0.2) is 0 Å². The average Bonchev–Trinajstić information content (AvgIpc) is 3.20. The Morgan fingerprint density at radius 1 is 1.04 bits per heavy atom. The molecule has 3 rings (SSSR count). The van der Waals surface area contributed by atoms with E-state index in [1.165, 1.54) is 6.33 Å². The van der Waals surface area contributed by atoms with Gasteiger partial charge in [0.2, 0.25) is 5.91 Å². The van der Waals surface area contributed by atoms with Gasteiger partial charge in [-0.25, -0.2) is 9.67 Å². The number of nitrogens with zero attached hydrogens (tertiary/aromatic N) is 4. The first-order valence-electron chi connectivity index (χ1n) is 8.20. The van der Waals surface area contributed by atoms with E-state index in [1.54, 1.807) is 40.2 Å². The Kier molecular flexibility index (Phi) is 5.38. The fourth-order valence-corrected chi connectivity index (χ4v) is 2.58. The minimum absolute atomic E-state index is 0.121. The van der Waals surface area contributed by atoms with Gasteiger partial charge in [0, 0.05) is 25.1 Å². The Morgan fingerprint density at radius 3 is 2.38 bits per heavy atom. The van der Waals surface area contributed by atoms with Crippen LogP contribution in [0.15, 0.2) is 67.3 Å². The topological polar surface area (TPSA) is 94.1 Å². The van der Waals surface area contributed by atoms with Gasteiger partial charge < -0.3 is 10.6 Å². The van der Waals surface area contributed by atoms with Crippen LogP contribution in [0.4, 0.5) is 0 Å². The molecular formula is C19H19N5O2. The summed E-state index contributed by atoms with van der Waals surface area (Å²) in [7, 11) is 0. The number of benzene rings is 2. The molecule has 0 radical (unpaired) electrons. The van der Waals surface area contributed by atoms with Crippen molar-refractivity contribution in [2.75, 3.05) is 6.54 Å². The van der Waals surface area contributed by atoms with E-state index in [2.05, 4.69) is 10.1 Å². The molecule has 1 aromatic heterocycles. The van der Waals surface area contributed by atoms with Crippen molar-refractivity contribution in [3.05, 3.63) is 78.4 Å². The molecule has 7 heteroatoms. The van der Waals surface area contributed by atoms with Crippen LogP contribution >= 0.6 is 0 Å². The maximum absolute atomic E-state index is 12.9. The second-order valence-electron chi connectivity index (χ2n) is 5.82. The third kappa shape index (κ3) is 4.32. The van der Waals surface area contributed by atoms with E-state index in [-0.39, 0.29) is 18.9 Å². The lowest BCUT2D eigenvalue weighted by Gasteiger charge is -2.22. The van der Waals surface area contributed by atoms with Gasteiger partial charge in [-0.3, -0.25) is 9.59 Å². The fraction of sp³-hybridized carbons (Fsp3) is 0.158. The molecule has 0 fully saturated rings. The molecule has 7 nitrogen and oxygen atoms in total. The van der Waals surface area contributed by atoms with Gasteiger partial charge in [-0.1, -0.05) is 30.3 Å². The molecule has 132 valence electrons. The second kappa shape index (κ2) is 8.06. The van der Waals surface area contributed by atoms with Crippen LogP contribution in [0, 0.1) is 0 Å². The van der Waals surface area contributed by atoms with Crippen molar-refractivity contribution in [1.29, 1.82) is 0 Å². The molecule has 0 unspecified atom stereocenters. The van der Waals surface area contributed by atoms with Gasteiger partial charge >= 0.3 is 0 Å². The van der Waals surface area contributed by atoms with Crippen LogP contribution in [0.1, 0.15) is 22.3 Å². The average molecular weight is 349 g/mol. The van der Waals surface area contributed by atoms with Gasteiger partial charge in [-0.2, -0.15) is 5.10 Å². The number of rotatable bonds is 7. The predicted molar refractivity (Wildman–Crippen MR) is 96.4 cm³/mol. The molecule has 1 heterocycles. The molecule has 2 N–H and O–H groups in total. The number of carbonyl (C=O) groups is 2. The van der Waals surface area contributed by atoms with E-state index in [0.29, 0.717) is 12.1 Å². The second-order valence-corrected chi connectivity index (χ2v) is 5.82. The van der Waals surface area contributed by atoms with Gasteiger partial charge in [0.1, 0.15) is 12.7 Å². The van der Waals surface area contributed by atoms with E-state index in [4.69, 9.17) is 5.73 Å². The number of nitrogens with two attached hydrogens (primary N) is 1. The van der Waals surface area contributed by atoms with Crippen molar-refractivity contribution in [3.63, 3.8) is 0 Å². The van der Waals surface area contributed by atoms with Crippen molar-refractivity contribution >= 4 is 11.8 Å². The summed E-state index contributed by atoms with van der Waals surface area (Å²) >= 11 is 0. The highest BCUT2D eigenvalue weighted by Gasteiger charge is 2.17. The fourth-order valence-electron chi connectivity index (χ4n) is 2.58. The van der Waals surface area contributed by atoms with E-state index in [9.17, 15) is 9.59 Å². The molecule has 0 saturated carbocycles. The summed E-state index contributed by atoms with van der Waals surface area (Å²) in [5.74, 6) is -0.586. The van der Waals surface area contributed by atoms with Gasteiger partial charge in [-0.15, -0.1) is 0 Å². The van der Waals surface area contributed by atoms with E-state index in [0.717, 1.165) is 11.3 Å². The van der Waals surface area contributed by atoms with Crippen LogP contribution in [0.25, 0.3) is 5.69 Å². The minimum Gasteiger partial charge on any atom is -0.370 e. The molecular weight excluding hydrogens is 330 g/mol. The lowest BCUT2D eigenvalue weighted by atomic mass is 10.1. The highest BCUT2D eigenvalue weighted by Crippen LogP contribution is 2.13. The first-order chi connectivity index (χ1) is 12.6. The Balaban J connectivity index is 1.78. The predicted octanol–water partition coefficient (Wildman–Crippen LogP) is 1.79. The number of amides is 2. The van der Waals surface area contributed by atoms with E-state index in [1.807, 2.05) is 30.3 Å². The lowest BCUT2D eigenvalue weighted by molar-refractivity contribution is -0.118. The minimum atomic E-state index is -0.433. The summed E-state index contributed by atoms with van der Waals surface area (Å²) in [5, 5.41) is 4.06. The zero-order valence-electron chi connectivity index (χ0n) is 14.2. The van der Waals surface area contributed by atoms with Gasteiger partial charge in [0.05, 0.1) is 5.69 Å². The summed E-state index contributed by atoms with van der Waals surface area (Å²) in [4.78, 5) is 29.6. The normalized spacial score (nSPS) is 10.5. The van der Waals surface area contributed by atoms with Crippen LogP contribution < -0.4 is 5.73 Å². The van der Waals surface area contributed by atoms with Crippen LogP contribution in [-0.2, 0) is 11.3 Å². The molecule has 0 aliphatic carbocycles. The first kappa shape index (κ1) is 17.3. The Morgan fingerprint density at radius 2 is 1.77 bits per heavy atom. The van der Waals surface area contributed by atoms with Crippen molar-refractivity contribution in [2.45, 2.75) is 13.0 Å². The summed E-state index contributed by atoms with van der Waals surface area (Å²) in [6.45, 7) is 0.686. The number of carbonyl (C=O) groups excluding carboxylic acids is 2. The largest absolute Gasteiger partial charge is 0.370 e. The molecule has 26 heavy (non-hydrogen) atoms. The van der Waals surface area contributed by atoms with Crippen molar-refractivity contribution in [2.24, 2.45) is 5.73 Å². The number of hydrogen-bond donors (Lipinski definition) is 1. The SMILES string of the molecule is NC(=O)CCN(Cc1ccccc1)C(=O)c1ccc(-n2cncn2)cc1. The molecule has 3 aromatic rings. The van der Waals surface area contributed by atoms with E-state index < -0.39 is 5.91 Å². The molecule has 0 saturated heterocycles. The summed E-state index contributed by atoms with van der Waals surface area (Å²) in [6.07, 6.45) is 3.16. The van der Waals surface area contributed by atoms with Gasteiger partial charge in [0.25, 0.3) is 5.91 Å². The number of aromatic nitrogens is 3. The van der Waals surface area contributed by atoms with Crippen LogP contribution in [0.5, 0.6) is 0 Å². The first-order valence-corrected chi connectivity index (χ1v) is 8.20. The summed E-state index contributed by atoms with van der Waals surface area (Å²) in [5.41, 5.74) is 7.59. The molecule has 0 atom stereocenters. The molecule has 2 aromatic carbocycles. The Bertz CT molecular complexity index is 861. The summed E-state index contributed by atoms with van der Waals surface area (Å²) < 4.78 is 1.61. The molecule has 0 spiro atoms. The van der Waals surface area contributed by atoms with Crippen molar-refractivity contribution in [1.82, 2.24) is 19.7 Å². The maximum atomic E-state index is 12.9. The third-order valence-corrected chi connectivity index (χ3v) is 3.93. The Labute approximate surface area is 151 Å². The van der Waals surface area contributed by atoms with Crippen LogP contribution in [0.2, 0.25) is 0 Å². The highest BCUT2D eigenvalue weighted by atomic mass is 16.2. The molecule has 0 aliphatic heterocycles. The Hall–Kier alpha value is -3.48. The maximum Gasteiger partial charge on any atom is 0.254 e. The number of primary amides is 1. The molecule has 2 amide bonds. The van der Waals surface area contributed by atoms with Crippen molar-refractivity contribution in [3.8, 4) is 5.69 Å². The third-order valence-electron chi connectivity index (χ3n) is 3.93. The lowest BCUT2D eigenvalue weighted by Crippen LogP contribution is -2.33. The quantitative estimate of drug-likeness (QED) is 0.703. The number of hydrogen-bond acceptors (Lipinski definition) is 4. The van der Waals surface area contributed by atoms with Gasteiger partial charge in [-0.05, 0) is 29.8 Å². The monoisotopic (exact) mass is 349 g/mol. The summed E-state index contributed by atoms with van der Waals surface area (Å²) in [6, 6.07) is 16.7. The zero-order chi connectivity index (χ0) is 18.4.